The summed E-state index contributed by atoms with van der Waals surface area (Å²) in [5, 5.41) is 0. The molecule has 1 aliphatic heterocycles. The van der Waals surface area contributed by atoms with Crippen LogP contribution >= 0.6 is 0 Å². The zero-order valence-corrected chi connectivity index (χ0v) is 13.2. The SMILES string of the molecule is CN(CCOCC1CC1)C[C@@H]1C[C@H](F)CN1c1ccncn1. The van der Waals surface area contributed by atoms with E-state index >= 15 is 0 Å². The van der Waals surface area contributed by atoms with Crippen LogP contribution in [0.1, 0.15) is 19.3 Å². The number of likely N-dealkylation sites (N-methyl/N-ethyl adjacent to an activating group) is 1. The van der Waals surface area contributed by atoms with Gasteiger partial charge in [-0.1, -0.05) is 0 Å². The number of rotatable bonds is 8. The Morgan fingerprint density at radius 3 is 3.05 bits per heavy atom. The zero-order valence-electron chi connectivity index (χ0n) is 13.2. The lowest BCUT2D eigenvalue weighted by Gasteiger charge is -2.29. The topological polar surface area (TPSA) is 41.5 Å². The number of anilines is 1. The number of ether oxygens (including phenoxy) is 1. The number of alkyl halides is 1. The average molecular weight is 308 g/mol. The molecule has 0 bridgehead atoms. The van der Waals surface area contributed by atoms with Crippen LogP contribution in [0.15, 0.2) is 18.6 Å². The predicted molar refractivity (Wildman–Crippen MR) is 83.7 cm³/mol. The third-order valence-electron chi connectivity index (χ3n) is 4.41. The van der Waals surface area contributed by atoms with E-state index in [4.69, 9.17) is 4.74 Å². The Morgan fingerprint density at radius 2 is 2.32 bits per heavy atom. The van der Waals surface area contributed by atoms with Crippen molar-refractivity contribution in [2.45, 2.75) is 31.5 Å². The van der Waals surface area contributed by atoms with Gasteiger partial charge in [0.05, 0.1) is 13.2 Å². The third-order valence-corrected chi connectivity index (χ3v) is 4.41. The van der Waals surface area contributed by atoms with Crippen LogP contribution in [-0.4, -0.2) is 67.0 Å². The summed E-state index contributed by atoms with van der Waals surface area (Å²) in [5.41, 5.74) is 0. The van der Waals surface area contributed by atoms with Gasteiger partial charge in [-0.3, -0.25) is 0 Å². The Bertz CT molecular complexity index is 457. The molecule has 1 saturated heterocycles. The van der Waals surface area contributed by atoms with Crippen molar-refractivity contribution < 1.29 is 9.13 Å². The van der Waals surface area contributed by atoms with Crippen LogP contribution in [0.2, 0.25) is 0 Å². The van der Waals surface area contributed by atoms with E-state index in [1.807, 2.05) is 6.07 Å². The van der Waals surface area contributed by atoms with E-state index in [0.29, 0.717) is 13.0 Å². The second-order valence-corrected chi connectivity index (χ2v) is 6.49. The molecule has 122 valence electrons. The molecule has 3 rings (SSSR count). The molecule has 0 spiro atoms. The quantitative estimate of drug-likeness (QED) is 0.685. The van der Waals surface area contributed by atoms with Crippen LogP contribution in [0.4, 0.5) is 10.2 Å². The van der Waals surface area contributed by atoms with Crippen molar-refractivity contribution in [3.8, 4) is 0 Å². The Kier molecular flexibility index (Phi) is 5.20. The second-order valence-electron chi connectivity index (χ2n) is 6.49. The molecule has 1 aromatic heterocycles. The molecular formula is C16H25FN4O. The van der Waals surface area contributed by atoms with E-state index in [2.05, 4.69) is 26.8 Å². The normalized spacial score (nSPS) is 25.1. The fraction of sp³-hybridized carbons (Fsp3) is 0.750. The van der Waals surface area contributed by atoms with Crippen molar-refractivity contribution in [1.82, 2.24) is 14.9 Å². The number of hydrogen-bond acceptors (Lipinski definition) is 5. The van der Waals surface area contributed by atoms with Gasteiger partial charge in [0.25, 0.3) is 0 Å². The second kappa shape index (κ2) is 7.33. The molecule has 1 aliphatic carbocycles. The van der Waals surface area contributed by atoms with Crippen LogP contribution < -0.4 is 4.90 Å². The predicted octanol–water partition coefficient (Wildman–Crippen LogP) is 1.75. The molecule has 1 saturated carbocycles. The van der Waals surface area contributed by atoms with Crippen molar-refractivity contribution in [3.63, 3.8) is 0 Å². The van der Waals surface area contributed by atoms with Gasteiger partial charge >= 0.3 is 0 Å². The van der Waals surface area contributed by atoms with Gasteiger partial charge in [-0.2, -0.15) is 0 Å². The monoisotopic (exact) mass is 308 g/mol. The lowest BCUT2D eigenvalue weighted by molar-refractivity contribution is 0.102. The van der Waals surface area contributed by atoms with Gasteiger partial charge < -0.3 is 14.5 Å². The third kappa shape index (κ3) is 4.36. The van der Waals surface area contributed by atoms with E-state index in [1.54, 1.807) is 6.20 Å². The molecule has 0 aromatic carbocycles. The largest absolute Gasteiger partial charge is 0.380 e. The van der Waals surface area contributed by atoms with E-state index in [-0.39, 0.29) is 6.04 Å². The number of aromatic nitrogens is 2. The molecule has 0 unspecified atom stereocenters. The molecule has 2 atom stereocenters. The number of nitrogens with zero attached hydrogens (tertiary/aromatic N) is 4. The molecule has 2 heterocycles. The van der Waals surface area contributed by atoms with Gasteiger partial charge in [-0.15, -0.1) is 0 Å². The summed E-state index contributed by atoms with van der Waals surface area (Å²) >= 11 is 0. The van der Waals surface area contributed by atoms with E-state index < -0.39 is 6.17 Å². The van der Waals surface area contributed by atoms with Crippen LogP contribution in [0.25, 0.3) is 0 Å². The van der Waals surface area contributed by atoms with Gasteiger partial charge in [0.1, 0.15) is 18.3 Å². The Hall–Kier alpha value is -1.27. The first kappa shape index (κ1) is 15.6. The minimum atomic E-state index is -0.778. The summed E-state index contributed by atoms with van der Waals surface area (Å²) in [7, 11) is 2.07. The molecule has 2 aliphatic rings. The smallest absolute Gasteiger partial charge is 0.132 e. The molecule has 0 radical (unpaired) electrons. The van der Waals surface area contributed by atoms with Crippen molar-refractivity contribution in [3.05, 3.63) is 18.6 Å². The van der Waals surface area contributed by atoms with Crippen molar-refractivity contribution in [2.24, 2.45) is 5.92 Å². The highest BCUT2D eigenvalue weighted by atomic mass is 19.1. The van der Waals surface area contributed by atoms with Gasteiger partial charge in [-0.05, 0) is 31.9 Å². The van der Waals surface area contributed by atoms with Gasteiger partial charge in [0.15, 0.2) is 0 Å². The number of halogens is 1. The fourth-order valence-corrected chi connectivity index (χ4v) is 2.97. The maximum absolute atomic E-state index is 13.8. The van der Waals surface area contributed by atoms with Crippen LogP contribution in [0.5, 0.6) is 0 Å². The van der Waals surface area contributed by atoms with E-state index in [9.17, 15) is 4.39 Å². The van der Waals surface area contributed by atoms with Gasteiger partial charge in [0.2, 0.25) is 0 Å². The molecule has 0 amide bonds. The molecule has 6 heteroatoms. The van der Waals surface area contributed by atoms with Crippen molar-refractivity contribution in [2.75, 3.05) is 44.8 Å². The molecule has 5 nitrogen and oxygen atoms in total. The highest BCUT2D eigenvalue weighted by molar-refractivity contribution is 5.40. The van der Waals surface area contributed by atoms with Crippen molar-refractivity contribution in [1.29, 1.82) is 0 Å². The van der Waals surface area contributed by atoms with Crippen LogP contribution in [-0.2, 0) is 4.74 Å². The summed E-state index contributed by atoms with van der Waals surface area (Å²) in [6, 6.07) is 2.02. The standard InChI is InChI=1S/C16H25FN4O/c1-20(6-7-22-11-13-2-3-13)10-15-8-14(17)9-21(15)16-4-5-18-12-19-16/h4-5,12-15H,2-3,6-11H2,1H3/t14-,15-/m0/s1. The molecule has 1 aromatic rings. The van der Waals surface area contributed by atoms with Crippen LogP contribution in [0, 0.1) is 5.92 Å². The summed E-state index contributed by atoms with van der Waals surface area (Å²) < 4.78 is 19.5. The minimum absolute atomic E-state index is 0.165. The maximum Gasteiger partial charge on any atom is 0.132 e. The highest BCUT2D eigenvalue weighted by Crippen LogP contribution is 2.28. The Balaban J connectivity index is 1.46. The summed E-state index contributed by atoms with van der Waals surface area (Å²) in [4.78, 5) is 12.5. The Labute approximate surface area is 131 Å². The number of hydrogen-bond donors (Lipinski definition) is 0. The van der Waals surface area contributed by atoms with E-state index in [1.165, 1.54) is 19.2 Å². The summed E-state index contributed by atoms with van der Waals surface area (Å²) in [6.07, 6.45) is 5.66. The van der Waals surface area contributed by atoms with Gasteiger partial charge in [0, 0.05) is 38.4 Å². The van der Waals surface area contributed by atoms with Crippen LogP contribution in [0.3, 0.4) is 0 Å². The molecular weight excluding hydrogens is 283 g/mol. The maximum atomic E-state index is 13.8. The minimum Gasteiger partial charge on any atom is -0.380 e. The summed E-state index contributed by atoms with van der Waals surface area (Å²) in [6.45, 7) is 3.80. The average Bonchev–Trinajstić information content (AvgIpc) is 3.27. The molecule has 22 heavy (non-hydrogen) atoms. The summed E-state index contributed by atoms with van der Waals surface area (Å²) in [5.74, 6) is 1.62. The highest BCUT2D eigenvalue weighted by Gasteiger charge is 2.33. The zero-order chi connectivity index (χ0) is 15.4. The van der Waals surface area contributed by atoms with E-state index in [0.717, 1.165) is 38.0 Å². The lowest BCUT2D eigenvalue weighted by Crippen LogP contribution is -2.40. The van der Waals surface area contributed by atoms with Gasteiger partial charge in [-0.25, -0.2) is 14.4 Å². The molecule has 0 N–H and O–H groups in total. The van der Waals surface area contributed by atoms with Crippen molar-refractivity contribution >= 4 is 5.82 Å². The first-order valence-corrected chi connectivity index (χ1v) is 8.15. The fourth-order valence-electron chi connectivity index (χ4n) is 2.97. The molecule has 2 fully saturated rings. The first-order valence-electron chi connectivity index (χ1n) is 8.15. The lowest BCUT2D eigenvalue weighted by atomic mass is 10.2. The Morgan fingerprint density at radius 1 is 1.45 bits per heavy atom. The first-order chi connectivity index (χ1) is 10.7.